The Hall–Kier alpha value is -2.66. The molecule has 0 N–H and O–H groups in total. The summed E-state index contributed by atoms with van der Waals surface area (Å²) in [6.45, 7) is 2.07. The van der Waals surface area contributed by atoms with Crippen molar-refractivity contribution in [1.29, 1.82) is 0 Å². The van der Waals surface area contributed by atoms with E-state index in [0.29, 0.717) is 11.8 Å². The number of anilines is 1. The number of aromatic nitrogens is 2. The highest BCUT2D eigenvalue weighted by molar-refractivity contribution is 7.13. The van der Waals surface area contributed by atoms with Crippen LogP contribution in [-0.4, -0.2) is 17.2 Å². The Labute approximate surface area is 144 Å². The van der Waals surface area contributed by atoms with E-state index >= 15 is 0 Å². The molecule has 2 aromatic heterocycles. The first-order valence-corrected chi connectivity index (χ1v) is 8.69. The van der Waals surface area contributed by atoms with E-state index < -0.39 is 0 Å². The fraction of sp³-hybridized carbons (Fsp3) is 0.158. The molecule has 0 aliphatic carbocycles. The normalized spacial score (nSPS) is 12.4. The van der Waals surface area contributed by atoms with Gasteiger partial charge < -0.3 is 9.32 Å². The molecular formula is C19H17N3OS. The summed E-state index contributed by atoms with van der Waals surface area (Å²) in [7, 11) is 2.05. The number of thiophene rings is 1. The van der Waals surface area contributed by atoms with Crippen molar-refractivity contribution in [3.05, 3.63) is 65.9 Å². The lowest BCUT2D eigenvalue weighted by molar-refractivity contribution is 0.465. The van der Waals surface area contributed by atoms with Gasteiger partial charge >= 0.3 is 0 Å². The average Bonchev–Trinajstić information content (AvgIpc) is 3.31. The molecule has 0 fully saturated rings. The van der Waals surface area contributed by atoms with Crippen LogP contribution in [0.25, 0.3) is 21.5 Å². The van der Waals surface area contributed by atoms with E-state index in [2.05, 4.69) is 64.5 Å². The third kappa shape index (κ3) is 2.67. The first kappa shape index (κ1) is 14.9. The molecule has 0 spiro atoms. The molecule has 1 atom stereocenters. The second-order valence-electron chi connectivity index (χ2n) is 5.74. The Morgan fingerprint density at radius 3 is 2.62 bits per heavy atom. The molecule has 4 nitrogen and oxygen atoms in total. The number of rotatable bonds is 4. The molecule has 120 valence electrons. The van der Waals surface area contributed by atoms with Gasteiger partial charge in [0.05, 0.1) is 4.88 Å². The van der Waals surface area contributed by atoms with Gasteiger partial charge in [0.15, 0.2) is 0 Å². The first-order valence-electron chi connectivity index (χ1n) is 7.81. The van der Waals surface area contributed by atoms with Crippen LogP contribution in [0.3, 0.4) is 0 Å². The molecule has 5 heteroatoms. The maximum atomic E-state index is 5.87. The van der Waals surface area contributed by atoms with E-state index in [0.717, 1.165) is 10.6 Å². The van der Waals surface area contributed by atoms with Crippen molar-refractivity contribution in [2.24, 2.45) is 0 Å². The lowest BCUT2D eigenvalue weighted by Gasteiger charge is -2.24. The number of fused-ring (bicyclic) bond motifs is 1. The maximum absolute atomic E-state index is 5.87. The Morgan fingerprint density at radius 1 is 1.00 bits per heavy atom. The zero-order chi connectivity index (χ0) is 16.5. The smallest absolute Gasteiger partial charge is 0.257 e. The Bertz CT molecular complexity index is 962. The molecule has 0 saturated heterocycles. The van der Waals surface area contributed by atoms with Gasteiger partial charge in [-0.05, 0) is 41.3 Å². The SMILES string of the molecule is C[C@@H](c1nnc(-c2cccs2)o1)N(C)c1ccc2ccccc2c1. The van der Waals surface area contributed by atoms with Crippen molar-refractivity contribution in [3.63, 3.8) is 0 Å². The van der Waals surface area contributed by atoms with Crippen LogP contribution in [0.1, 0.15) is 18.9 Å². The quantitative estimate of drug-likeness (QED) is 0.517. The minimum absolute atomic E-state index is 0.00706. The molecule has 24 heavy (non-hydrogen) atoms. The largest absolute Gasteiger partial charge is 0.418 e. The van der Waals surface area contributed by atoms with Crippen molar-refractivity contribution in [3.8, 4) is 10.8 Å². The average molecular weight is 335 g/mol. The van der Waals surface area contributed by atoms with Crippen molar-refractivity contribution in [2.75, 3.05) is 11.9 Å². The van der Waals surface area contributed by atoms with Gasteiger partial charge in [-0.15, -0.1) is 21.5 Å². The lowest BCUT2D eigenvalue weighted by Crippen LogP contribution is -2.21. The third-order valence-electron chi connectivity index (χ3n) is 4.25. The molecule has 0 bridgehead atoms. The predicted molar refractivity (Wildman–Crippen MR) is 98.4 cm³/mol. The van der Waals surface area contributed by atoms with Gasteiger partial charge in [-0.2, -0.15) is 0 Å². The van der Waals surface area contributed by atoms with Crippen LogP contribution < -0.4 is 4.90 Å². The van der Waals surface area contributed by atoms with Crippen molar-refractivity contribution in [1.82, 2.24) is 10.2 Å². The summed E-state index contributed by atoms with van der Waals surface area (Å²) >= 11 is 1.60. The highest BCUT2D eigenvalue weighted by Crippen LogP contribution is 2.30. The number of hydrogen-bond acceptors (Lipinski definition) is 5. The topological polar surface area (TPSA) is 42.2 Å². The summed E-state index contributed by atoms with van der Waals surface area (Å²) in [6.07, 6.45) is 0. The van der Waals surface area contributed by atoms with Crippen LogP contribution in [0.4, 0.5) is 5.69 Å². The van der Waals surface area contributed by atoms with Gasteiger partial charge in [-0.25, -0.2) is 0 Å². The lowest BCUT2D eigenvalue weighted by atomic mass is 10.1. The molecule has 2 aromatic carbocycles. The highest BCUT2D eigenvalue weighted by Gasteiger charge is 2.20. The fourth-order valence-corrected chi connectivity index (χ4v) is 3.33. The number of hydrogen-bond donors (Lipinski definition) is 0. The second-order valence-corrected chi connectivity index (χ2v) is 6.69. The zero-order valence-corrected chi connectivity index (χ0v) is 14.3. The highest BCUT2D eigenvalue weighted by atomic mass is 32.1. The van der Waals surface area contributed by atoms with Crippen molar-refractivity contribution < 1.29 is 4.42 Å². The molecule has 0 unspecified atom stereocenters. The molecule has 0 radical (unpaired) electrons. The Kier molecular flexibility index (Phi) is 3.78. The summed E-state index contributed by atoms with van der Waals surface area (Å²) in [5.74, 6) is 1.20. The van der Waals surface area contributed by atoms with Gasteiger partial charge in [0, 0.05) is 12.7 Å². The molecule has 4 rings (SSSR count). The molecule has 0 saturated carbocycles. The zero-order valence-electron chi connectivity index (χ0n) is 13.5. The van der Waals surface area contributed by atoms with Gasteiger partial charge in [0.2, 0.25) is 5.89 Å². The van der Waals surface area contributed by atoms with E-state index in [-0.39, 0.29) is 6.04 Å². The van der Waals surface area contributed by atoms with Gasteiger partial charge in [-0.1, -0.05) is 36.4 Å². The molecular weight excluding hydrogens is 318 g/mol. The predicted octanol–water partition coefficient (Wildman–Crippen LogP) is 5.15. The Morgan fingerprint density at radius 2 is 1.83 bits per heavy atom. The molecule has 0 aliphatic rings. The van der Waals surface area contributed by atoms with Crippen LogP contribution in [0.15, 0.2) is 64.4 Å². The van der Waals surface area contributed by atoms with E-state index in [4.69, 9.17) is 4.42 Å². The fourth-order valence-electron chi connectivity index (χ4n) is 2.69. The van der Waals surface area contributed by atoms with Crippen molar-refractivity contribution >= 4 is 27.8 Å². The van der Waals surface area contributed by atoms with E-state index in [1.54, 1.807) is 11.3 Å². The van der Waals surface area contributed by atoms with Crippen LogP contribution in [0, 0.1) is 0 Å². The van der Waals surface area contributed by atoms with Gasteiger partial charge in [0.25, 0.3) is 5.89 Å². The first-order chi connectivity index (χ1) is 11.7. The molecule has 4 aromatic rings. The van der Waals surface area contributed by atoms with E-state index in [9.17, 15) is 0 Å². The monoisotopic (exact) mass is 335 g/mol. The summed E-state index contributed by atoms with van der Waals surface area (Å²) < 4.78 is 5.87. The van der Waals surface area contributed by atoms with E-state index in [1.807, 2.05) is 24.6 Å². The third-order valence-corrected chi connectivity index (χ3v) is 5.11. The van der Waals surface area contributed by atoms with E-state index in [1.165, 1.54) is 10.8 Å². The van der Waals surface area contributed by atoms with Gasteiger partial charge in [-0.3, -0.25) is 0 Å². The number of nitrogens with zero attached hydrogens (tertiary/aromatic N) is 3. The Balaban J connectivity index is 1.62. The summed E-state index contributed by atoms with van der Waals surface area (Å²) in [4.78, 5) is 3.15. The number of benzene rings is 2. The molecule has 2 heterocycles. The summed E-state index contributed by atoms with van der Waals surface area (Å²) in [5, 5.41) is 12.9. The van der Waals surface area contributed by atoms with Gasteiger partial charge in [0.1, 0.15) is 6.04 Å². The van der Waals surface area contributed by atoms with Crippen molar-refractivity contribution in [2.45, 2.75) is 13.0 Å². The standard InChI is InChI=1S/C19H17N3OS/c1-13(18-20-21-19(23-18)17-8-5-11-24-17)22(2)16-10-9-14-6-3-4-7-15(14)12-16/h3-13H,1-2H3/t13-/m0/s1. The molecule has 0 aliphatic heterocycles. The summed E-state index contributed by atoms with van der Waals surface area (Å²) in [6, 6.07) is 18.8. The van der Waals surface area contributed by atoms with Crippen LogP contribution in [0.2, 0.25) is 0 Å². The maximum Gasteiger partial charge on any atom is 0.257 e. The van der Waals surface area contributed by atoms with Crippen LogP contribution >= 0.6 is 11.3 Å². The minimum Gasteiger partial charge on any atom is -0.418 e. The van der Waals surface area contributed by atoms with Crippen LogP contribution in [-0.2, 0) is 0 Å². The van der Waals surface area contributed by atoms with Crippen LogP contribution in [0.5, 0.6) is 0 Å². The second kappa shape index (κ2) is 6.09. The minimum atomic E-state index is -0.00706. The molecule has 0 amide bonds. The summed E-state index contributed by atoms with van der Waals surface area (Å²) in [5.41, 5.74) is 1.12.